The minimum atomic E-state index is -0.188. The second kappa shape index (κ2) is 9.22. The van der Waals surface area contributed by atoms with E-state index in [9.17, 15) is 4.39 Å². The van der Waals surface area contributed by atoms with E-state index in [1.165, 1.54) is 6.07 Å². The molecule has 2 aromatic carbocycles. The number of benzene rings is 2. The zero-order valence-electron chi connectivity index (χ0n) is 15.2. The molecule has 1 N–H and O–H groups in total. The minimum Gasteiger partial charge on any atom is -0.490 e. The summed E-state index contributed by atoms with van der Waals surface area (Å²) in [4.78, 5) is 6.65. The van der Waals surface area contributed by atoms with Gasteiger partial charge in [0.25, 0.3) is 0 Å². The molecule has 0 amide bonds. The van der Waals surface area contributed by atoms with Crippen LogP contribution in [0, 0.1) is 5.82 Å². The van der Waals surface area contributed by atoms with E-state index in [1.54, 1.807) is 19.2 Å². The van der Waals surface area contributed by atoms with Gasteiger partial charge in [-0.25, -0.2) is 4.39 Å². The first kappa shape index (κ1) is 18.2. The van der Waals surface area contributed by atoms with Gasteiger partial charge in [0.05, 0.1) is 0 Å². The van der Waals surface area contributed by atoms with Crippen LogP contribution in [0.1, 0.15) is 18.4 Å². The molecule has 1 fully saturated rings. The predicted molar refractivity (Wildman–Crippen MR) is 103 cm³/mol. The molecule has 0 unspecified atom stereocenters. The molecule has 1 heterocycles. The first-order chi connectivity index (χ1) is 12.7. The molecule has 0 aromatic heterocycles. The van der Waals surface area contributed by atoms with Crippen molar-refractivity contribution < 1.29 is 9.13 Å². The lowest BCUT2D eigenvalue weighted by Gasteiger charge is -2.34. The van der Waals surface area contributed by atoms with Crippen LogP contribution in [0.4, 0.5) is 4.39 Å². The average molecular weight is 355 g/mol. The Kier molecular flexibility index (Phi) is 6.47. The van der Waals surface area contributed by atoms with E-state index in [4.69, 9.17) is 4.74 Å². The standard InChI is InChI=1S/C21H26FN3O/c1-23-21(24-13-10-17-6-5-7-18(22)16-17)25-14-11-20(12-15-25)26-19-8-3-2-4-9-19/h2-9,16,20H,10-15H2,1H3,(H,23,24). The van der Waals surface area contributed by atoms with Crippen LogP contribution in [-0.2, 0) is 6.42 Å². The highest BCUT2D eigenvalue weighted by Crippen LogP contribution is 2.18. The van der Waals surface area contributed by atoms with Crippen LogP contribution in [-0.4, -0.2) is 43.6 Å². The van der Waals surface area contributed by atoms with Gasteiger partial charge >= 0.3 is 0 Å². The summed E-state index contributed by atoms with van der Waals surface area (Å²) in [5, 5.41) is 3.38. The lowest BCUT2D eigenvalue weighted by molar-refractivity contribution is 0.129. The number of piperidine rings is 1. The van der Waals surface area contributed by atoms with Crippen LogP contribution in [0.3, 0.4) is 0 Å². The number of hydrogen-bond donors (Lipinski definition) is 1. The molecule has 0 bridgehead atoms. The number of guanidine groups is 1. The summed E-state index contributed by atoms with van der Waals surface area (Å²) in [6.07, 6.45) is 2.96. The zero-order chi connectivity index (χ0) is 18.2. The van der Waals surface area contributed by atoms with E-state index >= 15 is 0 Å². The van der Waals surface area contributed by atoms with Crippen LogP contribution in [0.25, 0.3) is 0 Å². The highest BCUT2D eigenvalue weighted by Gasteiger charge is 2.22. The maximum Gasteiger partial charge on any atom is 0.193 e. The molecule has 0 spiro atoms. The molecule has 26 heavy (non-hydrogen) atoms. The minimum absolute atomic E-state index is 0.188. The Morgan fingerprint density at radius 1 is 1.15 bits per heavy atom. The molecule has 3 rings (SSSR count). The number of likely N-dealkylation sites (tertiary alicyclic amines) is 1. The second-order valence-electron chi connectivity index (χ2n) is 6.47. The molecule has 0 aliphatic carbocycles. The van der Waals surface area contributed by atoms with E-state index in [-0.39, 0.29) is 11.9 Å². The van der Waals surface area contributed by atoms with E-state index in [0.29, 0.717) is 0 Å². The van der Waals surface area contributed by atoms with Gasteiger partial charge in [-0.15, -0.1) is 0 Å². The lowest BCUT2D eigenvalue weighted by Crippen LogP contribution is -2.47. The molecule has 4 nitrogen and oxygen atoms in total. The Morgan fingerprint density at radius 3 is 2.62 bits per heavy atom. The first-order valence-electron chi connectivity index (χ1n) is 9.16. The van der Waals surface area contributed by atoms with Crippen molar-refractivity contribution in [3.63, 3.8) is 0 Å². The van der Waals surface area contributed by atoms with Crippen LogP contribution >= 0.6 is 0 Å². The molecular formula is C21H26FN3O. The Bertz CT molecular complexity index is 712. The molecule has 1 aliphatic rings. The van der Waals surface area contributed by atoms with E-state index in [0.717, 1.165) is 56.2 Å². The summed E-state index contributed by atoms with van der Waals surface area (Å²) < 4.78 is 19.3. The molecule has 2 aromatic rings. The number of para-hydroxylation sites is 1. The topological polar surface area (TPSA) is 36.9 Å². The number of nitrogens with one attached hydrogen (secondary N) is 1. The maximum atomic E-state index is 13.2. The van der Waals surface area contributed by atoms with Crippen LogP contribution < -0.4 is 10.1 Å². The Balaban J connectivity index is 1.43. The van der Waals surface area contributed by atoms with Crippen molar-refractivity contribution in [3.05, 3.63) is 66.0 Å². The number of hydrogen-bond acceptors (Lipinski definition) is 2. The predicted octanol–water partition coefficient (Wildman–Crippen LogP) is 3.49. The molecule has 1 aliphatic heterocycles. The van der Waals surface area contributed by atoms with E-state index in [2.05, 4.69) is 15.2 Å². The van der Waals surface area contributed by atoms with E-state index in [1.807, 2.05) is 36.4 Å². The van der Waals surface area contributed by atoms with Crippen molar-refractivity contribution in [1.82, 2.24) is 10.2 Å². The Morgan fingerprint density at radius 2 is 1.92 bits per heavy atom. The van der Waals surface area contributed by atoms with Gasteiger partial charge in [-0.05, 0) is 36.2 Å². The maximum absolute atomic E-state index is 13.2. The molecule has 1 saturated heterocycles. The monoisotopic (exact) mass is 355 g/mol. The normalized spacial score (nSPS) is 15.8. The third-order valence-corrected chi connectivity index (χ3v) is 4.59. The molecular weight excluding hydrogens is 329 g/mol. The Labute approximate surface area is 154 Å². The highest BCUT2D eigenvalue weighted by atomic mass is 19.1. The van der Waals surface area contributed by atoms with Crippen molar-refractivity contribution in [3.8, 4) is 5.75 Å². The summed E-state index contributed by atoms with van der Waals surface area (Å²) in [5.74, 6) is 1.65. The number of nitrogens with zero attached hydrogens (tertiary/aromatic N) is 2. The van der Waals surface area contributed by atoms with Crippen molar-refractivity contribution in [2.75, 3.05) is 26.7 Å². The highest BCUT2D eigenvalue weighted by molar-refractivity contribution is 5.80. The number of ether oxygens (including phenoxy) is 1. The van der Waals surface area contributed by atoms with Gasteiger partial charge in [0, 0.05) is 39.5 Å². The van der Waals surface area contributed by atoms with Gasteiger partial charge in [0.2, 0.25) is 0 Å². The second-order valence-corrected chi connectivity index (χ2v) is 6.47. The smallest absolute Gasteiger partial charge is 0.193 e. The first-order valence-corrected chi connectivity index (χ1v) is 9.16. The fourth-order valence-corrected chi connectivity index (χ4v) is 3.22. The van der Waals surface area contributed by atoms with Crippen molar-refractivity contribution in [1.29, 1.82) is 0 Å². The third kappa shape index (κ3) is 5.22. The van der Waals surface area contributed by atoms with Gasteiger partial charge in [0.1, 0.15) is 17.7 Å². The van der Waals surface area contributed by atoms with Crippen molar-refractivity contribution >= 4 is 5.96 Å². The van der Waals surface area contributed by atoms with Crippen LogP contribution in [0.15, 0.2) is 59.6 Å². The SMILES string of the molecule is CN=C(NCCc1cccc(F)c1)N1CCC(Oc2ccccc2)CC1. The summed E-state index contributed by atoms with van der Waals surface area (Å²) in [6, 6.07) is 16.7. The average Bonchev–Trinajstić information content (AvgIpc) is 2.67. The molecule has 0 radical (unpaired) electrons. The van der Waals surface area contributed by atoms with Crippen LogP contribution in [0.2, 0.25) is 0 Å². The number of halogens is 1. The summed E-state index contributed by atoms with van der Waals surface area (Å²) in [7, 11) is 1.80. The largest absolute Gasteiger partial charge is 0.490 e. The zero-order valence-corrected chi connectivity index (χ0v) is 15.2. The van der Waals surface area contributed by atoms with Gasteiger partial charge in [0.15, 0.2) is 5.96 Å². The number of aliphatic imine (C=N–C) groups is 1. The van der Waals surface area contributed by atoms with Gasteiger partial charge in [-0.3, -0.25) is 4.99 Å². The summed E-state index contributed by atoms with van der Waals surface area (Å²) in [5.41, 5.74) is 0.989. The molecule has 138 valence electrons. The van der Waals surface area contributed by atoms with Gasteiger partial charge in [-0.1, -0.05) is 30.3 Å². The summed E-state index contributed by atoms with van der Waals surface area (Å²) >= 11 is 0. The fourth-order valence-electron chi connectivity index (χ4n) is 3.22. The summed E-state index contributed by atoms with van der Waals surface area (Å²) in [6.45, 7) is 2.56. The lowest BCUT2D eigenvalue weighted by atomic mass is 10.1. The Hall–Kier alpha value is -2.56. The van der Waals surface area contributed by atoms with Gasteiger partial charge < -0.3 is 15.0 Å². The third-order valence-electron chi connectivity index (χ3n) is 4.59. The van der Waals surface area contributed by atoms with Gasteiger partial charge in [-0.2, -0.15) is 0 Å². The van der Waals surface area contributed by atoms with E-state index < -0.39 is 0 Å². The number of rotatable bonds is 5. The molecule has 5 heteroatoms. The molecule has 0 saturated carbocycles. The van der Waals surface area contributed by atoms with Crippen LogP contribution in [0.5, 0.6) is 5.75 Å². The molecule has 0 atom stereocenters. The quantitative estimate of drug-likeness (QED) is 0.659. The van der Waals surface area contributed by atoms with Crippen molar-refractivity contribution in [2.45, 2.75) is 25.4 Å². The van der Waals surface area contributed by atoms with Crippen molar-refractivity contribution in [2.24, 2.45) is 4.99 Å². The fraction of sp³-hybridized carbons (Fsp3) is 0.381.